The summed E-state index contributed by atoms with van der Waals surface area (Å²) in [6.45, 7) is 1.07. The summed E-state index contributed by atoms with van der Waals surface area (Å²) in [6, 6.07) is 14.3. The lowest BCUT2D eigenvalue weighted by Gasteiger charge is -2.58. The van der Waals surface area contributed by atoms with Crippen molar-refractivity contribution in [2.45, 2.75) is 56.6 Å². The van der Waals surface area contributed by atoms with Crippen molar-refractivity contribution in [2.24, 2.45) is 5.92 Å². The lowest BCUT2D eigenvalue weighted by atomic mass is 9.52. The van der Waals surface area contributed by atoms with Crippen LogP contribution in [-0.2, 0) is 23.2 Å². The third-order valence-electron chi connectivity index (χ3n) is 7.62. The van der Waals surface area contributed by atoms with Crippen LogP contribution in [0.3, 0.4) is 0 Å². The predicted molar refractivity (Wildman–Crippen MR) is 116 cm³/mol. The van der Waals surface area contributed by atoms with Crippen LogP contribution in [0.2, 0.25) is 0 Å². The number of fused-ring (bicyclic) bond motifs is 1. The Morgan fingerprint density at radius 3 is 2.83 bits per heavy atom. The van der Waals surface area contributed by atoms with Gasteiger partial charge in [-0.05, 0) is 60.4 Å². The maximum absolute atomic E-state index is 13.1. The SMILES string of the molecule is COc1cc2c(cc1N)C[C@@H]1[C@@H]3CCCC[C@]23CCN1C(=O)OCc1ccccc1. The number of anilines is 1. The highest BCUT2D eigenvalue weighted by Crippen LogP contribution is 2.56. The molecule has 2 aromatic rings. The number of rotatable bonds is 3. The van der Waals surface area contributed by atoms with E-state index in [0.717, 1.165) is 30.7 Å². The molecular formula is C25H30N2O3. The Bertz CT molecular complexity index is 945. The highest BCUT2D eigenvalue weighted by Gasteiger charge is 2.55. The number of methoxy groups -OCH3 is 1. The Kier molecular flexibility index (Phi) is 4.84. The van der Waals surface area contributed by atoms with Crippen molar-refractivity contribution in [2.75, 3.05) is 19.4 Å². The smallest absolute Gasteiger partial charge is 0.410 e. The Labute approximate surface area is 178 Å². The van der Waals surface area contributed by atoms with E-state index in [4.69, 9.17) is 15.2 Å². The van der Waals surface area contributed by atoms with Crippen molar-refractivity contribution < 1.29 is 14.3 Å². The molecular weight excluding hydrogens is 376 g/mol. The number of nitrogen functional groups attached to an aromatic ring is 1. The number of nitrogens with zero attached hydrogens (tertiary/aromatic N) is 1. The van der Waals surface area contributed by atoms with E-state index in [1.54, 1.807) is 7.11 Å². The molecule has 1 saturated carbocycles. The number of carbonyl (C=O) groups is 1. The second-order valence-corrected chi connectivity index (χ2v) is 9.01. The van der Waals surface area contributed by atoms with Crippen LogP contribution >= 0.6 is 0 Å². The van der Waals surface area contributed by atoms with E-state index in [2.05, 4.69) is 12.1 Å². The molecule has 0 aromatic heterocycles. The first kappa shape index (κ1) is 19.3. The van der Waals surface area contributed by atoms with E-state index in [0.29, 0.717) is 18.2 Å². The lowest BCUT2D eigenvalue weighted by molar-refractivity contribution is -0.0137. The molecule has 3 atom stereocenters. The molecule has 1 heterocycles. The van der Waals surface area contributed by atoms with Gasteiger partial charge in [0.2, 0.25) is 0 Å². The van der Waals surface area contributed by atoms with E-state index in [9.17, 15) is 4.79 Å². The minimum absolute atomic E-state index is 0.133. The van der Waals surface area contributed by atoms with Gasteiger partial charge in [0.25, 0.3) is 0 Å². The molecule has 2 bridgehead atoms. The Hall–Kier alpha value is -2.69. The first-order valence-electron chi connectivity index (χ1n) is 11.1. The monoisotopic (exact) mass is 406 g/mol. The van der Waals surface area contributed by atoms with Gasteiger partial charge in [-0.1, -0.05) is 43.2 Å². The number of piperidine rings is 1. The first-order valence-corrected chi connectivity index (χ1v) is 11.1. The van der Waals surface area contributed by atoms with Crippen LogP contribution in [0.5, 0.6) is 5.75 Å². The molecule has 2 aliphatic carbocycles. The van der Waals surface area contributed by atoms with Gasteiger partial charge < -0.3 is 20.1 Å². The van der Waals surface area contributed by atoms with Gasteiger partial charge in [0.05, 0.1) is 12.8 Å². The van der Waals surface area contributed by atoms with E-state index >= 15 is 0 Å². The molecule has 5 nitrogen and oxygen atoms in total. The average Bonchev–Trinajstić information content (AvgIpc) is 2.78. The minimum atomic E-state index is -0.187. The fraction of sp³-hybridized carbons (Fsp3) is 0.480. The molecule has 5 heteroatoms. The fourth-order valence-corrected chi connectivity index (χ4v) is 6.27. The normalized spacial score (nSPS) is 27.0. The van der Waals surface area contributed by atoms with Crippen LogP contribution in [0.15, 0.2) is 42.5 Å². The molecule has 30 heavy (non-hydrogen) atoms. The molecule has 2 fully saturated rings. The van der Waals surface area contributed by atoms with Gasteiger partial charge in [0, 0.05) is 18.0 Å². The van der Waals surface area contributed by atoms with Gasteiger partial charge in [-0.25, -0.2) is 4.79 Å². The predicted octanol–water partition coefficient (Wildman–Crippen LogP) is 4.67. The zero-order chi connectivity index (χ0) is 20.7. The first-order chi connectivity index (χ1) is 14.6. The van der Waals surface area contributed by atoms with Crippen LogP contribution in [0.4, 0.5) is 10.5 Å². The summed E-state index contributed by atoms with van der Waals surface area (Å²) < 4.78 is 11.3. The summed E-state index contributed by atoms with van der Waals surface area (Å²) in [7, 11) is 1.69. The van der Waals surface area contributed by atoms with Crippen molar-refractivity contribution in [3.05, 3.63) is 59.2 Å². The van der Waals surface area contributed by atoms with Gasteiger partial charge >= 0.3 is 6.09 Å². The molecule has 2 aromatic carbocycles. The van der Waals surface area contributed by atoms with Crippen LogP contribution in [0.25, 0.3) is 0 Å². The van der Waals surface area contributed by atoms with Crippen molar-refractivity contribution in [3.8, 4) is 5.75 Å². The second kappa shape index (κ2) is 7.53. The van der Waals surface area contributed by atoms with E-state index in [1.165, 1.54) is 36.8 Å². The Morgan fingerprint density at radius 1 is 1.20 bits per heavy atom. The maximum Gasteiger partial charge on any atom is 0.410 e. The summed E-state index contributed by atoms with van der Waals surface area (Å²) >= 11 is 0. The number of hydrogen-bond acceptors (Lipinski definition) is 4. The third-order valence-corrected chi connectivity index (χ3v) is 7.62. The Morgan fingerprint density at radius 2 is 2.03 bits per heavy atom. The lowest BCUT2D eigenvalue weighted by Crippen LogP contribution is -2.62. The molecule has 2 N–H and O–H groups in total. The van der Waals surface area contributed by atoms with Crippen LogP contribution in [-0.4, -0.2) is 30.7 Å². The number of carbonyl (C=O) groups excluding carboxylic acids is 1. The van der Waals surface area contributed by atoms with Gasteiger partial charge in [-0.15, -0.1) is 0 Å². The zero-order valence-electron chi connectivity index (χ0n) is 17.6. The largest absolute Gasteiger partial charge is 0.495 e. The van der Waals surface area contributed by atoms with Gasteiger partial charge in [-0.3, -0.25) is 0 Å². The van der Waals surface area contributed by atoms with Gasteiger partial charge in [-0.2, -0.15) is 0 Å². The van der Waals surface area contributed by atoms with Gasteiger partial charge in [0.15, 0.2) is 0 Å². The molecule has 0 unspecified atom stereocenters. The van der Waals surface area contributed by atoms with Crippen LogP contribution < -0.4 is 10.5 Å². The second-order valence-electron chi connectivity index (χ2n) is 9.01. The van der Waals surface area contributed by atoms with Gasteiger partial charge in [0.1, 0.15) is 12.4 Å². The molecule has 1 aliphatic heterocycles. The fourth-order valence-electron chi connectivity index (χ4n) is 6.27. The maximum atomic E-state index is 13.1. The summed E-state index contributed by atoms with van der Waals surface area (Å²) in [5.74, 6) is 1.25. The number of ether oxygens (including phenoxy) is 2. The summed E-state index contributed by atoms with van der Waals surface area (Å²) in [5.41, 5.74) is 10.8. The molecule has 158 valence electrons. The molecule has 0 radical (unpaired) electrons. The Balaban J connectivity index is 1.44. The summed E-state index contributed by atoms with van der Waals surface area (Å²) in [4.78, 5) is 15.1. The standard InChI is InChI=1S/C25H30N2O3/c1-29-23-15-20-18(13-21(23)26)14-22-19-9-5-6-10-25(19,20)11-12-27(22)24(28)30-16-17-7-3-2-4-8-17/h2-4,7-8,13,15,19,22H,5-6,9-12,14,16,26H2,1H3/t19-,22+,25+/m0/s1. The number of hydrogen-bond donors (Lipinski definition) is 1. The van der Waals surface area contributed by atoms with Crippen molar-refractivity contribution >= 4 is 11.8 Å². The quantitative estimate of drug-likeness (QED) is 0.752. The summed E-state index contributed by atoms with van der Waals surface area (Å²) in [6.07, 6.45) is 6.46. The number of benzene rings is 2. The molecule has 1 saturated heterocycles. The average molecular weight is 407 g/mol. The van der Waals surface area contributed by atoms with Crippen LogP contribution in [0.1, 0.15) is 48.8 Å². The number of amides is 1. The number of nitrogens with two attached hydrogens (primary N) is 1. The van der Waals surface area contributed by atoms with E-state index in [1.807, 2.05) is 35.2 Å². The molecule has 5 rings (SSSR count). The molecule has 1 amide bonds. The minimum Gasteiger partial charge on any atom is -0.495 e. The van der Waals surface area contributed by atoms with Crippen molar-refractivity contribution in [1.82, 2.24) is 4.90 Å². The topological polar surface area (TPSA) is 64.8 Å². The van der Waals surface area contributed by atoms with Crippen molar-refractivity contribution in [1.29, 1.82) is 0 Å². The van der Waals surface area contributed by atoms with E-state index in [-0.39, 0.29) is 17.6 Å². The van der Waals surface area contributed by atoms with Crippen LogP contribution in [0, 0.1) is 5.92 Å². The molecule has 0 spiro atoms. The number of likely N-dealkylation sites (tertiary alicyclic amines) is 1. The molecule has 3 aliphatic rings. The van der Waals surface area contributed by atoms with Crippen molar-refractivity contribution in [3.63, 3.8) is 0 Å². The third kappa shape index (κ3) is 3.03. The zero-order valence-corrected chi connectivity index (χ0v) is 17.6. The highest BCUT2D eigenvalue weighted by molar-refractivity contribution is 5.69. The highest BCUT2D eigenvalue weighted by atomic mass is 16.6. The van der Waals surface area contributed by atoms with E-state index < -0.39 is 0 Å². The summed E-state index contributed by atoms with van der Waals surface area (Å²) in [5, 5.41) is 0.